The van der Waals surface area contributed by atoms with E-state index in [1.54, 1.807) is 7.05 Å². The fourth-order valence-electron chi connectivity index (χ4n) is 3.09. The Labute approximate surface area is 203 Å². The third-order valence-corrected chi connectivity index (χ3v) is 5.12. The first kappa shape index (κ1) is 26.9. The minimum absolute atomic E-state index is 0. The first-order valence-corrected chi connectivity index (χ1v) is 10.6. The van der Waals surface area contributed by atoms with Gasteiger partial charge < -0.3 is 16.0 Å². The first-order chi connectivity index (χ1) is 14.5. The lowest BCUT2D eigenvalue weighted by atomic mass is 10.1. The maximum atomic E-state index is 11.8. The topological polar surface area (TPSA) is 68.8 Å². The van der Waals surface area contributed by atoms with Gasteiger partial charge in [0.15, 0.2) is 5.96 Å². The van der Waals surface area contributed by atoms with Crippen LogP contribution in [-0.2, 0) is 13.1 Å². The fourth-order valence-corrected chi connectivity index (χ4v) is 3.09. The molecule has 0 aliphatic rings. The molecule has 1 atom stereocenters. The summed E-state index contributed by atoms with van der Waals surface area (Å²) < 4.78 is 0. The zero-order valence-corrected chi connectivity index (χ0v) is 21.4. The number of amides is 1. The van der Waals surface area contributed by atoms with E-state index >= 15 is 0 Å². The molecule has 1 unspecified atom stereocenters. The second-order valence-corrected chi connectivity index (χ2v) is 7.45. The van der Waals surface area contributed by atoms with Crippen LogP contribution in [0.4, 0.5) is 0 Å². The highest BCUT2D eigenvalue weighted by Crippen LogP contribution is 2.08. The van der Waals surface area contributed by atoms with E-state index in [0.29, 0.717) is 24.7 Å². The van der Waals surface area contributed by atoms with Crippen molar-refractivity contribution in [2.24, 2.45) is 4.99 Å². The number of benzene rings is 2. The number of carbonyl (C=O) groups excluding carboxylic acids is 1. The molecular formula is C24H36IN5O. The van der Waals surface area contributed by atoms with Crippen LogP contribution in [0, 0.1) is 0 Å². The average Bonchev–Trinajstić information content (AvgIpc) is 2.77. The Bertz CT molecular complexity index is 795. The summed E-state index contributed by atoms with van der Waals surface area (Å²) in [7, 11) is 3.94. The maximum absolute atomic E-state index is 11.8. The smallest absolute Gasteiger partial charge is 0.251 e. The molecule has 0 fully saturated rings. The molecule has 0 saturated heterocycles. The van der Waals surface area contributed by atoms with Gasteiger partial charge in [0.2, 0.25) is 0 Å². The van der Waals surface area contributed by atoms with Crippen LogP contribution in [0.1, 0.15) is 41.8 Å². The molecule has 0 bridgehead atoms. The number of hydrogen-bond donors (Lipinski definition) is 3. The predicted molar refractivity (Wildman–Crippen MR) is 140 cm³/mol. The normalized spacial score (nSPS) is 12.1. The van der Waals surface area contributed by atoms with Crippen molar-refractivity contribution in [3.8, 4) is 0 Å². The van der Waals surface area contributed by atoms with Crippen molar-refractivity contribution in [3.63, 3.8) is 0 Å². The largest absolute Gasteiger partial charge is 0.356 e. The van der Waals surface area contributed by atoms with E-state index in [9.17, 15) is 4.79 Å². The molecule has 0 saturated carbocycles. The molecule has 0 aliphatic heterocycles. The summed E-state index contributed by atoms with van der Waals surface area (Å²) in [6.07, 6.45) is 1.02. The molecular weight excluding hydrogens is 501 g/mol. The maximum Gasteiger partial charge on any atom is 0.251 e. The van der Waals surface area contributed by atoms with Crippen LogP contribution in [0.5, 0.6) is 0 Å². The summed E-state index contributed by atoms with van der Waals surface area (Å²) >= 11 is 0. The van der Waals surface area contributed by atoms with E-state index in [1.165, 1.54) is 5.56 Å². The Kier molecular flexibility index (Phi) is 12.8. The van der Waals surface area contributed by atoms with Crippen LogP contribution in [-0.4, -0.2) is 50.0 Å². The molecule has 0 heterocycles. The number of hydrogen-bond acceptors (Lipinski definition) is 3. The average molecular weight is 537 g/mol. The third kappa shape index (κ3) is 9.69. The van der Waals surface area contributed by atoms with Crippen LogP contribution in [0.2, 0.25) is 0 Å². The van der Waals surface area contributed by atoms with Crippen molar-refractivity contribution >= 4 is 35.8 Å². The SMILES string of the molecule is CCNC(=O)c1ccc(CNC(=NC)NCCC(C)N(C)Cc2ccccc2)cc1.I. The van der Waals surface area contributed by atoms with E-state index in [2.05, 4.69) is 64.1 Å². The number of nitrogens with zero attached hydrogens (tertiary/aromatic N) is 2. The van der Waals surface area contributed by atoms with Gasteiger partial charge in [0.05, 0.1) is 0 Å². The lowest BCUT2D eigenvalue weighted by Gasteiger charge is -2.25. The van der Waals surface area contributed by atoms with E-state index in [0.717, 1.165) is 31.0 Å². The van der Waals surface area contributed by atoms with E-state index < -0.39 is 0 Å². The third-order valence-electron chi connectivity index (χ3n) is 5.12. The van der Waals surface area contributed by atoms with Crippen LogP contribution < -0.4 is 16.0 Å². The Balaban J connectivity index is 0.00000480. The van der Waals surface area contributed by atoms with Crippen molar-refractivity contribution in [1.29, 1.82) is 0 Å². The number of carbonyl (C=O) groups is 1. The second kappa shape index (κ2) is 14.8. The van der Waals surface area contributed by atoms with E-state index in [-0.39, 0.29) is 29.9 Å². The van der Waals surface area contributed by atoms with Crippen molar-refractivity contribution in [2.75, 3.05) is 27.2 Å². The number of halogens is 1. The molecule has 31 heavy (non-hydrogen) atoms. The summed E-state index contributed by atoms with van der Waals surface area (Å²) in [6.45, 7) is 7.23. The van der Waals surface area contributed by atoms with Gasteiger partial charge in [-0.1, -0.05) is 42.5 Å². The molecule has 2 aromatic rings. The molecule has 1 amide bonds. The summed E-state index contributed by atoms with van der Waals surface area (Å²) in [6, 6.07) is 18.6. The minimum atomic E-state index is -0.0409. The van der Waals surface area contributed by atoms with Gasteiger partial charge in [-0.25, -0.2) is 0 Å². The number of nitrogens with one attached hydrogen (secondary N) is 3. The molecule has 0 radical (unpaired) electrons. The van der Waals surface area contributed by atoms with Gasteiger partial charge in [-0.3, -0.25) is 14.7 Å². The molecule has 0 aromatic heterocycles. The molecule has 7 heteroatoms. The summed E-state index contributed by atoms with van der Waals surface area (Å²) in [4.78, 5) is 18.5. The van der Waals surface area contributed by atoms with Gasteiger partial charge in [0, 0.05) is 44.8 Å². The van der Waals surface area contributed by atoms with E-state index in [4.69, 9.17) is 0 Å². The highest BCUT2D eigenvalue weighted by Gasteiger charge is 2.10. The summed E-state index contributed by atoms with van der Waals surface area (Å²) in [5.41, 5.74) is 3.11. The molecule has 3 N–H and O–H groups in total. The Morgan fingerprint density at radius 1 is 1.00 bits per heavy atom. The Hall–Kier alpha value is -2.13. The van der Waals surface area contributed by atoms with Crippen molar-refractivity contribution in [3.05, 3.63) is 71.3 Å². The molecule has 170 valence electrons. The number of rotatable bonds is 10. The quantitative estimate of drug-likeness (QED) is 0.246. The number of aliphatic imine (C=N–C) groups is 1. The zero-order valence-electron chi connectivity index (χ0n) is 19.0. The number of guanidine groups is 1. The Morgan fingerprint density at radius 3 is 2.29 bits per heavy atom. The van der Waals surface area contributed by atoms with Crippen molar-refractivity contribution in [1.82, 2.24) is 20.9 Å². The Morgan fingerprint density at radius 2 is 1.68 bits per heavy atom. The van der Waals surface area contributed by atoms with Gasteiger partial charge >= 0.3 is 0 Å². The van der Waals surface area contributed by atoms with Crippen LogP contribution in [0.25, 0.3) is 0 Å². The molecule has 2 rings (SSSR count). The van der Waals surface area contributed by atoms with Crippen LogP contribution >= 0.6 is 24.0 Å². The summed E-state index contributed by atoms with van der Waals surface area (Å²) in [5.74, 6) is 0.738. The first-order valence-electron chi connectivity index (χ1n) is 10.6. The molecule has 0 spiro atoms. The fraction of sp³-hybridized carbons (Fsp3) is 0.417. The predicted octanol–water partition coefficient (Wildman–Crippen LogP) is 3.63. The second-order valence-electron chi connectivity index (χ2n) is 7.45. The van der Waals surface area contributed by atoms with Crippen molar-refractivity contribution in [2.45, 2.75) is 39.4 Å². The van der Waals surface area contributed by atoms with Crippen molar-refractivity contribution < 1.29 is 4.79 Å². The monoisotopic (exact) mass is 537 g/mol. The molecule has 2 aromatic carbocycles. The van der Waals surface area contributed by atoms with Gasteiger partial charge in [-0.2, -0.15) is 0 Å². The highest BCUT2D eigenvalue weighted by atomic mass is 127. The van der Waals surface area contributed by atoms with Gasteiger partial charge in [-0.05, 0) is 50.6 Å². The zero-order chi connectivity index (χ0) is 21.8. The highest BCUT2D eigenvalue weighted by molar-refractivity contribution is 14.0. The van der Waals surface area contributed by atoms with Crippen LogP contribution in [0.15, 0.2) is 59.6 Å². The van der Waals surface area contributed by atoms with Gasteiger partial charge in [0.1, 0.15) is 0 Å². The minimum Gasteiger partial charge on any atom is -0.356 e. The molecule has 6 nitrogen and oxygen atoms in total. The van der Waals surface area contributed by atoms with Gasteiger partial charge in [0.25, 0.3) is 5.91 Å². The van der Waals surface area contributed by atoms with Crippen LogP contribution in [0.3, 0.4) is 0 Å². The summed E-state index contributed by atoms with van der Waals surface area (Å²) in [5, 5.41) is 9.52. The standard InChI is InChI=1S/C24H35N5O.HI/c1-5-26-23(30)22-13-11-20(12-14-22)17-28-24(25-3)27-16-15-19(2)29(4)18-21-9-7-6-8-10-21;/h6-14,19H,5,15-18H2,1-4H3,(H,26,30)(H2,25,27,28);1H. The van der Waals surface area contributed by atoms with Gasteiger partial charge in [-0.15, -0.1) is 24.0 Å². The lowest BCUT2D eigenvalue weighted by Crippen LogP contribution is -2.39. The lowest BCUT2D eigenvalue weighted by molar-refractivity contribution is 0.0956. The molecule has 0 aliphatic carbocycles. The van der Waals surface area contributed by atoms with E-state index in [1.807, 2.05) is 37.3 Å².